The number of nitrogens with zero attached hydrogens (tertiary/aromatic N) is 2. The van der Waals surface area contributed by atoms with Crippen molar-refractivity contribution in [2.75, 3.05) is 18.5 Å². The van der Waals surface area contributed by atoms with Crippen LogP contribution in [0.1, 0.15) is 17.4 Å². The summed E-state index contributed by atoms with van der Waals surface area (Å²) >= 11 is 1.80. The second-order valence-corrected chi connectivity index (χ2v) is 5.25. The minimum atomic E-state index is 0.869. The van der Waals surface area contributed by atoms with Gasteiger partial charge in [-0.1, -0.05) is 13.0 Å². The molecule has 96 valence electrons. The molecule has 0 saturated carbocycles. The van der Waals surface area contributed by atoms with E-state index in [2.05, 4.69) is 52.8 Å². The summed E-state index contributed by atoms with van der Waals surface area (Å²) in [5, 5.41) is 5.47. The maximum Gasteiger partial charge on any atom is 0.0519 e. The minimum Gasteiger partial charge on any atom is -0.369 e. The maximum absolute atomic E-state index is 4.21. The first-order valence-electron chi connectivity index (χ1n) is 6.18. The Morgan fingerprint density at radius 1 is 1.39 bits per heavy atom. The van der Waals surface area contributed by atoms with Gasteiger partial charge in [0, 0.05) is 42.1 Å². The molecule has 18 heavy (non-hydrogen) atoms. The highest BCUT2D eigenvalue weighted by Crippen LogP contribution is 2.21. The van der Waals surface area contributed by atoms with Crippen LogP contribution < -0.4 is 10.2 Å². The standard InChI is InChI=1S/C14H19N3S/c1-3-15-9-12-10-16-7-6-14(12)17(2)11-13-5-4-8-18-13/h4-8,10,15H,3,9,11H2,1-2H3. The lowest BCUT2D eigenvalue weighted by atomic mass is 10.2. The molecule has 0 aliphatic carbocycles. The van der Waals surface area contributed by atoms with E-state index in [1.807, 2.05) is 12.4 Å². The third-order valence-electron chi connectivity index (χ3n) is 2.83. The molecule has 0 atom stereocenters. The Balaban J connectivity index is 2.11. The minimum absolute atomic E-state index is 0.869. The third-order valence-corrected chi connectivity index (χ3v) is 3.69. The molecule has 2 aromatic heterocycles. The summed E-state index contributed by atoms with van der Waals surface area (Å²) in [5.41, 5.74) is 2.50. The molecule has 0 aliphatic rings. The van der Waals surface area contributed by atoms with Gasteiger partial charge in [0.25, 0.3) is 0 Å². The SMILES string of the molecule is CCNCc1cnccc1N(C)Cc1cccs1. The van der Waals surface area contributed by atoms with E-state index < -0.39 is 0 Å². The number of thiophene rings is 1. The van der Waals surface area contributed by atoms with Crippen LogP contribution in [-0.4, -0.2) is 18.6 Å². The smallest absolute Gasteiger partial charge is 0.0519 e. The molecule has 3 nitrogen and oxygen atoms in total. The quantitative estimate of drug-likeness (QED) is 0.866. The van der Waals surface area contributed by atoms with E-state index >= 15 is 0 Å². The second-order valence-electron chi connectivity index (χ2n) is 4.22. The van der Waals surface area contributed by atoms with Gasteiger partial charge in [0.05, 0.1) is 6.54 Å². The molecule has 0 fully saturated rings. The van der Waals surface area contributed by atoms with Crippen LogP contribution in [0.15, 0.2) is 36.0 Å². The van der Waals surface area contributed by atoms with Gasteiger partial charge in [-0.25, -0.2) is 0 Å². The highest BCUT2D eigenvalue weighted by atomic mass is 32.1. The molecule has 2 heterocycles. The van der Waals surface area contributed by atoms with Gasteiger partial charge in [-0.2, -0.15) is 0 Å². The molecule has 0 bridgehead atoms. The van der Waals surface area contributed by atoms with Crippen molar-refractivity contribution in [3.63, 3.8) is 0 Å². The zero-order chi connectivity index (χ0) is 12.8. The molecule has 2 aromatic rings. The molecule has 0 aliphatic heterocycles. The number of hydrogen-bond donors (Lipinski definition) is 1. The molecule has 1 N–H and O–H groups in total. The van der Waals surface area contributed by atoms with Gasteiger partial charge in [0.15, 0.2) is 0 Å². The van der Waals surface area contributed by atoms with E-state index in [1.165, 1.54) is 16.1 Å². The second kappa shape index (κ2) is 6.52. The predicted molar refractivity (Wildman–Crippen MR) is 78.0 cm³/mol. The van der Waals surface area contributed by atoms with Gasteiger partial charge < -0.3 is 10.2 Å². The summed E-state index contributed by atoms with van der Waals surface area (Å²) < 4.78 is 0. The van der Waals surface area contributed by atoms with Crippen molar-refractivity contribution < 1.29 is 0 Å². The van der Waals surface area contributed by atoms with Crippen molar-refractivity contribution in [3.05, 3.63) is 46.4 Å². The Labute approximate surface area is 112 Å². The molecule has 4 heteroatoms. The molecule has 0 saturated heterocycles. The van der Waals surface area contributed by atoms with Crippen molar-refractivity contribution in [1.82, 2.24) is 10.3 Å². The molecule has 0 unspecified atom stereocenters. The summed E-state index contributed by atoms with van der Waals surface area (Å²) in [5.74, 6) is 0. The maximum atomic E-state index is 4.21. The van der Waals surface area contributed by atoms with Crippen LogP contribution in [0.4, 0.5) is 5.69 Å². The molecule has 0 spiro atoms. The fraction of sp³-hybridized carbons (Fsp3) is 0.357. The van der Waals surface area contributed by atoms with Crippen molar-refractivity contribution in [1.29, 1.82) is 0 Å². The monoisotopic (exact) mass is 261 g/mol. The average molecular weight is 261 g/mol. The fourth-order valence-corrected chi connectivity index (χ4v) is 2.67. The van der Waals surface area contributed by atoms with Gasteiger partial charge in [0.2, 0.25) is 0 Å². The number of aromatic nitrogens is 1. The molecule has 2 rings (SSSR count). The average Bonchev–Trinajstić information content (AvgIpc) is 2.89. The van der Waals surface area contributed by atoms with Crippen molar-refractivity contribution >= 4 is 17.0 Å². The summed E-state index contributed by atoms with van der Waals surface area (Å²) in [6.45, 7) is 4.91. The predicted octanol–water partition coefficient (Wildman–Crippen LogP) is 2.89. The lowest BCUT2D eigenvalue weighted by molar-refractivity contribution is 0.721. The molecule has 0 aromatic carbocycles. The van der Waals surface area contributed by atoms with Gasteiger partial charge >= 0.3 is 0 Å². The Morgan fingerprint density at radius 3 is 3.00 bits per heavy atom. The Hall–Kier alpha value is -1.39. The lowest BCUT2D eigenvalue weighted by Gasteiger charge is -2.21. The van der Waals surface area contributed by atoms with E-state index in [4.69, 9.17) is 0 Å². The summed E-state index contributed by atoms with van der Waals surface area (Å²) in [6.07, 6.45) is 3.80. The van der Waals surface area contributed by atoms with Crippen LogP contribution >= 0.6 is 11.3 Å². The highest BCUT2D eigenvalue weighted by molar-refractivity contribution is 7.09. The van der Waals surface area contributed by atoms with E-state index in [1.54, 1.807) is 11.3 Å². The summed E-state index contributed by atoms with van der Waals surface area (Å²) in [6, 6.07) is 6.35. The fourth-order valence-electron chi connectivity index (χ4n) is 1.91. The molecular weight excluding hydrogens is 242 g/mol. The number of rotatable bonds is 6. The molecule has 0 amide bonds. The van der Waals surface area contributed by atoms with E-state index in [-0.39, 0.29) is 0 Å². The largest absolute Gasteiger partial charge is 0.369 e. The first-order valence-corrected chi connectivity index (χ1v) is 7.06. The van der Waals surface area contributed by atoms with Crippen LogP contribution in [0.25, 0.3) is 0 Å². The summed E-state index contributed by atoms with van der Waals surface area (Å²) in [4.78, 5) is 7.87. The van der Waals surface area contributed by atoms with Crippen LogP contribution in [-0.2, 0) is 13.1 Å². The van der Waals surface area contributed by atoms with Crippen LogP contribution in [0.5, 0.6) is 0 Å². The van der Waals surface area contributed by atoms with Gasteiger partial charge in [-0.3, -0.25) is 4.98 Å². The van der Waals surface area contributed by atoms with Crippen LogP contribution in [0.3, 0.4) is 0 Å². The van der Waals surface area contributed by atoms with Crippen LogP contribution in [0.2, 0.25) is 0 Å². The van der Waals surface area contributed by atoms with Crippen molar-refractivity contribution in [3.8, 4) is 0 Å². The lowest BCUT2D eigenvalue weighted by Crippen LogP contribution is -2.20. The van der Waals surface area contributed by atoms with E-state index in [0.29, 0.717) is 0 Å². The summed E-state index contributed by atoms with van der Waals surface area (Å²) in [7, 11) is 2.13. The third kappa shape index (κ3) is 3.31. The Morgan fingerprint density at radius 2 is 2.28 bits per heavy atom. The Kier molecular flexibility index (Phi) is 4.73. The highest BCUT2D eigenvalue weighted by Gasteiger charge is 2.08. The van der Waals surface area contributed by atoms with Crippen molar-refractivity contribution in [2.24, 2.45) is 0 Å². The van der Waals surface area contributed by atoms with Gasteiger partial charge in [-0.05, 0) is 24.1 Å². The molecule has 0 radical (unpaired) electrons. The van der Waals surface area contributed by atoms with E-state index in [0.717, 1.165) is 19.6 Å². The molecular formula is C14H19N3S. The van der Waals surface area contributed by atoms with Gasteiger partial charge in [-0.15, -0.1) is 11.3 Å². The Bertz CT molecular complexity index is 468. The first-order chi connectivity index (χ1) is 8.81. The number of hydrogen-bond acceptors (Lipinski definition) is 4. The van der Waals surface area contributed by atoms with Gasteiger partial charge in [0.1, 0.15) is 0 Å². The number of pyridine rings is 1. The number of nitrogens with one attached hydrogen (secondary N) is 1. The zero-order valence-corrected chi connectivity index (χ0v) is 11.7. The van der Waals surface area contributed by atoms with Crippen LogP contribution in [0, 0.1) is 0 Å². The topological polar surface area (TPSA) is 28.2 Å². The normalized spacial score (nSPS) is 10.6. The zero-order valence-electron chi connectivity index (χ0n) is 10.9. The van der Waals surface area contributed by atoms with E-state index in [9.17, 15) is 0 Å². The van der Waals surface area contributed by atoms with Crippen molar-refractivity contribution in [2.45, 2.75) is 20.0 Å². The number of anilines is 1. The first kappa shape index (κ1) is 13.1.